The first-order valence-corrected chi connectivity index (χ1v) is 5.83. The summed E-state index contributed by atoms with van der Waals surface area (Å²) in [5.74, 6) is 0.448. The molecular formula is C12H11BrN2O. The van der Waals surface area contributed by atoms with E-state index in [1.807, 2.05) is 29.8 Å². The Morgan fingerprint density at radius 1 is 1.38 bits per heavy atom. The highest BCUT2D eigenvalue weighted by Crippen LogP contribution is 2.13. The van der Waals surface area contributed by atoms with Crippen molar-refractivity contribution in [2.24, 2.45) is 0 Å². The van der Waals surface area contributed by atoms with Gasteiger partial charge in [-0.05, 0) is 31.2 Å². The van der Waals surface area contributed by atoms with Crippen molar-refractivity contribution in [3.8, 4) is 0 Å². The Kier molecular flexibility index (Phi) is 3.19. The maximum atomic E-state index is 12.1. The topological polar surface area (TPSA) is 34.9 Å². The van der Waals surface area contributed by atoms with Crippen LogP contribution in [-0.2, 0) is 6.54 Å². The Morgan fingerprint density at radius 2 is 2.06 bits per heavy atom. The molecule has 0 spiro atoms. The SMILES string of the molecule is CCn1ccnc1C(=O)c1ccc(Br)cc1. The van der Waals surface area contributed by atoms with Gasteiger partial charge in [0, 0.05) is 29.0 Å². The van der Waals surface area contributed by atoms with E-state index in [1.165, 1.54) is 0 Å². The number of ketones is 1. The molecule has 0 radical (unpaired) electrons. The predicted molar refractivity (Wildman–Crippen MR) is 65.5 cm³/mol. The number of halogens is 1. The van der Waals surface area contributed by atoms with Crippen molar-refractivity contribution in [3.63, 3.8) is 0 Å². The van der Waals surface area contributed by atoms with Crippen LogP contribution in [0.4, 0.5) is 0 Å². The van der Waals surface area contributed by atoms with Crippen LogP contribution in [-0.4, -0.2) is 15.3 Å². The van der Waals surface area contributed by atoms with Crippen LogP contribution >= 0.6 is 15.9 Å². The molecule has 16 heavy (non-hydrogen) atoms. The smallest absolute Gasteiger partial charge is 0.228 e. The van der Waals surface area contributed by atoms with E-state index in [4.69, 9.17) is 0 Å². The Bertz CT molecular complexity index is 502. The summed E-state index contributed by atoms with van der Waals surface area (Å²) in [5.41, 5.74) is 0.657. The van der Waals surface area contributed by atoms with Gasteiger partial charge in [-0.1, -0.05) is 15.9 Å². The van der Waals surface area contributed by atoms with Crippen LogP contribution < -0.4 is 0 Å². The lowest BCUT2D eigenvalue weighted by atomic mass is 10.1. The van der Waals surface area contributed by atoms with Gasteiger partial charge in [-0.3, -0.25) is 4.79 Å². The fourth-order valence-corrected chi connectivity index (χ4v) is 1.77. The molecule has 2 aromatic rings. The van der Waals surface area contributed by atoms with Gasteiger partial charge in [0.15, 0.2) is 5.82 Å². The normalized spacial score (nSPS) is 10.4. The third-order valence-electron chi connectivity index (χ3n) is 2.37. The standard InChI is InChI=1S/C12H11BrN2O/c1-2-15-8-7-14-12(15)11(16)9-3-5-10(13)6-4-9/h3-8H,2H2,1H3. The number of carbonyl (C=O) groups excluding carboxylic acids is 1. The Balaban J connectivity index is 2.35. The molecule has 3 nitrogen and oxygen atoms in total. The zero-order valence-corrected chi connectivity index (χ0v) is 10.4. The second-order valence-corrected chi connectivity index (χ2v) is 4.29. The van der Waals surface area contributed by atoms with Gasteiger partial charge in [-0.25, -0.2) is 4.98 Å². The minimum absolute atomic E-state index is 0.0423. The molecule has 4 heteroatoms. The van der Waals surface area contributed by atoms with Crippen LogP contribution in [0.15, 0.2) is 41.1 Å². The summed E-state index contributed by atoms with van der Waals surface area (Å²) in [6.07, 6.45) is 3.46. The molecule has 0 atom stereocenters. The molecule has 0 aliphatic heterocycles. The molecule has 0 fully saturated rings. The molecule has 1 aromatic heterocycles. The molecule has 1 aromatic carbocycles. The summed E-state index contributed by atoms with van der Waals surface area (Å²) in [4.78, 5) is 16.2. The summed E-state index contributed by atoms with van der Waals surface area (Å²) in [7, 11) is 0. The van der Waals surface area contributed by atoms with Crippen LogP contribution in [0.5, 0.6) is 0 Å². The van der Waals surface area contributed by atoms with Gasteiger partial charge >= 0.3 is 0 Å². The van der Waals surface area contributed by atoms with E-state index >= 15 is 0 Å². The lowest BCUT2D eigenvalue weighted by Crippen LogP contribution is -2.10. The molecule has 2 rings (SSSR count). The average Bonchev–Trinajstić information content (AvgIpc) is 2.77. The van der Waals surface area contributed by atoms with E-state index < -0.39 is 0 Å². The number of hydrogen-bond acceptors (Lipinski definition) is 2. The molecule has 0 bridgehead atoms. The van der Waals surface area contributed by atoms with Crippen molar-refractivity contribution in [2.75, 3.05) is 0 Å². The first kappa shape index (κ1) is 11.1. The van der Waals surface area contributed by atoms with Gasteiger partial charge < -0.3 is 4.57 Å². The Labute approximate surface area is 102 Å². The summed E-state index contributed by atoms with van der Waals surface area (Å²) < 4.78 is 2.80. The van der Waals surface area contributed by atoms with E-state index in [2.05, 4.69) is 20.9 Å². The number of aryl methyl sites for hydroxylation is 1. The Morgan fingerprint density at radius 3 is 2.69 bits per heavy atom. The van der Waals surface area contributed by atoms with Gasteiger partial charge in [-0.15, -0.1) is 0 Å². The van der Waals surface area contributed by atoms with Crippen molar-refractivity contribution in [1.82, 2.24) is 9.55 Å². The van der Waals surface area contributed by atoms with Crippen molar-refractivity contribution in [2.45, 2.75) is 13.5 Å². The van der Waals surface area contributed by atoms with E-state index in [9.17, 15) is 4.79 Å². The molecule has 0 saturated heterocycles. The summed E-state index contributed by atoms with van der Waals surface area (Å²) in [6.45, 7) is 2.73. The predicted octanol–water partition coefficient (Wildman–Crippen LogP) is 2.90. The minimum Gasteiger partial charge on any atom is -0.328 e. The number of imidazole rings is 1. The third kappa shape index (κ3) is 2.07. The molecule has 0 amide bonds. The molecular weight excluding hydrogens is 268 g/mol. The van der Waals surface area contributed by atoms with E-state index in [0.717, 1.165) is 11.0 Å². The van der Waals surface area contributed by atoms with Crippen LogP contribution in [0.1, 0.15) is 23.1 Å². The van der Waals surface area contributed by atoms with Crippen LogP contribution in [0.2, 0.25) is 0 Å². The average molecular weight is 279 g/mol. The van der Waals surface area contributed by atoms with E-state index in [-0.39, 0.29) is 5.78 Å². The van der Waals surface area contributed by atoms with Gasteiger partial charge in [0.05, 0.1) is 0 Å². The molecule has 0 aliphatic carbocycles. The van der Waals surface area contributed by atoms with Gasteiger partial charge in [0.25, 0.3) is 0 Å². The van der Waals surface area contributed by atoms with Crippen molar-refractivity contribution in [1.29, 1.82) is 0 Å². The monoisotopic (exact) mass is 278 g/mol. The second-order valence-electron chi connectivity index (χ2n) is 3.37. The number of aromatic nitrogens is 2. The first-order chi connectivity index (χ1) is 7.72. The lowest BCUT2D eigenvalue weighted by molar-refractivity contribution is 0.102. The maximum absolute atomic E-state index is 12.1. The fourth-order valence-electron chi connectivity index (χ4n) is 1.50. The molecule has 0 saturated carbocycles. The highest BCUT2D eigenvalue weighted by molar-refractivity contribution is 9.10. The van der Waals surface area contributed by atoms with Gasteiger partial charge in [0.2, 0.25) is 5.78 Å². The third-order valence-corrected chi connectivity index (χ3v) is 2.89. The van der Waals surface area contributed by atoms with Crippen LogP contribution in [0.25, 0.3) is 0 Å². The minimum atomic E-state index is -0.0423. The first-order valence-electron chi connectivity index (χ1n) is 5.03. The van der Waals surface area contributed by atoms with Crippen molar-refractivity contribution < 1.29 is 4.79 Å². The number of rotatable bonds is 3. The zero-order chi connectivity index (χ0) is 11.5. The summed E-state index contributed by atoms with van der Waals surface area (Å²) in [6, 6.07) is 7.29. The van der Waals surface area contributed by atoms with E-state index in [1.54, 1.807) is 18.3 Å². The van der Waals surface area contributed by atoms with Gasteiger partial charge in [-0.2, -0.15) is 0 Å². The quantitative estimate of drug-likeness (QED) is 0.810. The van der Waals surface area contributed by atoms with Crippen LogP contribution in [0.3, 0.4) is 0 Å². The molecule has 0 N–H and O–H groups in total. The van der Waals surface area contributed by atoms with Gasteiger partial charge in [0.1, 0.15) is 0 Å². The molecule has 0 aliphatic rings. The molecule has 82 valence electrons. The molecule has 0 unspecified atom stereocenters. The van der Waals surface area contributed by atoms with E-state index in [0.29, 0.717) is 11.4 Å². The van der Waals surface area contributed by atoms with Crippen molar-refractivity contribution >= 4 is 21.7 Å². The van der Waals surface area contributed by atoms with Crippen molar-refractivity contribution in [3.05, 3.63) is 52.5 Å². The second kappa shape index (κ2) is 4.61. The fraction of sp³-hybridized carbons (Fsp3) is 0.167. The highest BCUT2D eigenvalue weighted by atomic mass is 79.9. The molecule has 1 heterocycles. The zero-order valence-electron chi connectivity index (χ0n) is 8.85. The highest BCUT2D eigenvalue weighted by Gasteiger charge is 2.13. The summed E-state index contributed by atoms with van der Waals surface area (Å²) >= 11 is 3.34. The Hall–Kier alpha value is -1.42. The lowest BCUT2D eigenvalue weighted by Gasteiger charge is -2.03. The maximum Gasteiger partial charge on any atom is 0.228 e. The number of hydrogen-bond donors (Lipinski definition) is 0. The number of nitrogens with zero attached hydrogens (tertiary/aromatic N) is 2. The van der Waals surface area contributed by atoms with Crippen LogP contribution in [0, 0.1) is 0 Å². The number of benzene rings is 1. The number of carbonyl (C=O) groups is 1. The summed E-state index contributed by atoms with van der Waals surface area (Å²) in [5, 5.41) is 0. The largest absolute Gasteiger partial charge is 0.328 e.